The number of hydrogen-bond donors (Lipinski definition) is 1. The maximum absolute atomic E-state index is 13.1. The number of thiazole rings is 1. The predicted molar refractivity (Wildman–Crippen MR) is 122 cm³/mol. The van der Waals surface area contributed by atoms with E-state index >= 15 is 0 Å². The Labute approximate surface area is 181 Å². The Morgan fingerprint density at radius 2 is 1.60 bits per heavy atom. The molecule has 0 unspecified atom stereocenters. The van der Waals surface area contributed by atoms with Gasteiger partial charge >= 0.3 is 0 Å². The van der Waals surface area contributed by atoms with Gasteiger partial charge in [-0.05, 0) is 51.0 Å². The number of rotatable bonds is 7. The minimum atomic E-state index is -0.188. The number of carbonyl (C=O) groups excluding carboxylic acids is 2. The van der Waals surface area contributed by atoms with E-state index in [2.05, 4.69) is 10.3 Å². The maximum atomic E-state index is 13.1. The molecule has 1 N–H and O–H groups in total. The molecule has 3 aromatic rings. The van der Waals surface area contributed by atoms with E-state index in [-0.39, 0.29) is 23.9 Å². The summed E-state index contributed by atoms with van der Waals surface area (Å²) in [5, 5.41) is 5.32. The summed E-state index contributed by atoms with van der Waals surface area (Å²) in [6, 6.07) is 17.8. The van der Waals surface area contributed by atoms with Crippen LogP contribution in [0.25, 0.3) is 11.1 Å². The second kappa shape index (κ2) is 9.67. The van der Waals surface area contributed by atoms with Crippen LogP contribution in [0.3, 0.4) is 0 Å². The summed E-state index contributed by atoms with van der Waals surface area (Å²) < 4.78 is 0. The summed E-state index contributed by atoms with van der Waals surface area (Å²) in [6.45, 7) is 8.16. The van der Waals surface area contributed by atoms with Crippen molar-refractivity contribution >= 4 is 23.2 Å². The normalized spacial score (nSPS) is 11.0. The van der Waals surface area contributed by atoms with Gasteiger partial charge in [0.2, 0.25) is 0 Å². The molecule has 0 atom stereocenters. The molecule has 0 aliphatic heterocycles. The highest BCUT2D eigenvalue weighted by Gasteiger charge is 2.21. The standard InChI is InChI=1S/C24H27N3O2S/c1-16(2)25-23(28)21-15-30-22(26-21)14-27(17(3)4)24(29)20-12-10-19(11-13-20)18-8-6-5-7-9-18/h5-13,15-17H,14H2,1-4H3,(H,25,28). The third-order valence-corrected chi connectivity index (χ3v) is 5.47. The third kappa shape index (κ3) is 5.33. The van der Waals surface area contributed by atoms with Crippen molar-refractivity contribution in [1.29, 1.82) is 0 Å². The molecule has 0 bridgehead atoms. The van der Waals surface area contributed by atoms with Gasteiger partial charge in [-0.25, -0.2) is 4.98 Å². The largest absolute Gasteiger partial charge is 0.349 e. The zero-order valence-corrected chi connectivity index (χ0v) is 18.6. The lowest BCUT2D eigenvalue weighted by Gasteiger charge is -2.26. The van der Waals surface area contributed by atoms with Gasteiger partial charge in [-0.2, -0.15) is 0 Å². The van der Waals surface area contributed by atoms with Gasteiger partial charge in [-0.15, -0.1) is 11.3 Å². The van der Waals surface area contributed by atoms with Gasteiger partial charge in [0.05, 0.1) is 6.54 Å². The van der Waals surface area contributed by atoms with Crippen molar-refractivity contribution in [2.24, 2.45) is 0 Å². The summed E-state index contributed by atoms with van der Waals surface area (Å²) in [6.07, 6.45) is 0. The summed E-state index contributed by atoms with van der Waals surface area (Å²) in [5.41, 5.74) is 3.22. The smallest absolute Gasteiger partial charge is 0.270 e. The van der Waals surface area contributed by atoms with Crippen LogP contribution in [0.1, 0.15) is 53.5 Å². The van der Waals surface area contributed by atoms with Crippen LogP contribution in [-0.4, -0.2) is 33.8 Å². The number of hydrogen-bond acceptors (Lipinski definition) is 4. The molecule has 30 heavy (non-hydrogen) atoms. The zero-order valence-electron chi connectivity index (χ0n) is 17.8. The van der Waals surface area contributed by atoms with Crippen LogP contribution in [-0.2, 0) is 6.54 Å². The van der Waals surface area contributed by atoms with E-state index in [1.165, 1.54) is 11.3 Å². The van der Waals surface area contributed by atoms with Crippen LogP contribution in [0, 0.1) is 0 Å². The van der Waals surface area contributed by atoms with Crippen LogP contribution in [0.15, 0.2) is 60.0 Å². The number of benzene rings is 2. The first-order chi connectivity index (χ1) is 14.3. The number of amides is 2. The molecule has 0 fully saturated rings. The Balaban J connectivity index is 1.74. The Kier molecular flexibility index (Phi) is 7.00. The molecular formula is C24H27N3O2S. The fraction of sp³-hybridized carbons (Fsp3) is 0.292. The lowest BCUT2D eigenvalue weighted by Crippen LogP contribution is -2.36. The van der Waals surface area contributed by atoms with Crippen molar-refractivity contribution < 1.29 is 9.59 Å². The first kappa shape index (κ1) is 21.7. The van der Waals surface area contributed by atoms with Crippen LogP contribution in [0.4, 0.5) is 0 Å². The second-order valence-electron chi connectivity index (χ2n) is 7.72. The van der Waals surface area contributed by atoms with Crippen molar-refractivity contribution in [2.75, 3.05) is 0 Å². The van der Waals surface area contributed by atoms with E-state index in [0.717, 1.165) is 16.1 Å². The molecule has 156 valence electrons. The average molecular weight is 422 g/mol. The second-order valence-corrected chi connectivity index (χ2v) is 8.67. The molecule has 5 nitrogen and oxygen atoms in total. The van der Waals surface area contributed by atoms with Crippen LogP contribution in [0.5, 0.6) is 0 Å². The van der Waals surface area contributed by atoms with E-state index in [1.54, 1.807) is 10.3 Å². The van der Waals surface area contributed by atoms with Gasteiger partial charge in [0, 0.05) is 23.0 Å². The molecule has 2 aromatic carbocycles. The molecule has 0 aliphatic rings. The minimum absolute atomic E-state index is 0.00291. The molecule has 2 amide bonds. The predicted octanol–water partition coefficient (Wildman–Crippen LogP) is 5.00. The van der Waals surface area contributed by atoms with Gasteiger partial charge in [-0.3, -0.25) is 9.59 Å². The summed E-state index contributed by atoms with van der Waals surface area (Å²) in [5.74, 6) is -0.237. The third-order valence-electron chi connectivity index (χ3n) is 4.63. The Bertz CT molecular complexity index is 995. The highest BCUT2D eigenvalue weighted by molar-refractivity contribution is 7.09. The minimum Gasteiger partial charge on any atom is -0.349 e. The first-order valence-electron chi connectivity index (χ1n) is 10.1. The van der Waals surface area contributed by atoms with E-state index in [4.69, 9.17) is 0 Å². The quantitative estimate of drug-likeness (QED) is 0.584. The molecule has 3 rings (SSSR count). The average Bonchev–Trinajstić information content (AvgIpc) is 3.21. The van der Waals surface area contributed by atoms with Crippen LogP contribution >= 0.6 is 11.3 Å². The van der Waals surface area contributed by atoms with Crippen LogP contribution in [0.2, 0.25) is 0 Å². The van der Waals surface area contributed by atoms with Gasteiger partial charge in [0.25, 0.3) is 11.8 Å². The zero-order chi connectivity index (χ0) is 21.7. The number of nitrogens with one attached hydrogen (secondary N) is 1. The van der Waals surface area contributed by atoms with E-state index in [9.17, 15) is 9.59 Å². The molecule has 1 aromatic heterocycles. The van der Waals surface area contributed by atoms with Gasteiger partial charge < -0.3 is 10.2 Å². The lowest BCUT2D eigenvalue weighted by atomic mass is 10.0. The summed E-state index contributed by atoms with van der Waals surface area (Å²) >= 11 is 1.40. The van der Waals surface area contributed by atoms with Gasteiger partial charge in [0.15, 0.2) is 0 Å². The summed E-state index contributed by atoms with van der Waals surface area (Å²) in [7, 11) is 0. The van der Waals surface area contributed by atoms with E-state index in [0.29, 0.717) is 17.8 Å². The van der Waals surface area contributed by atoms with Gasteiger partial charge in [-0.1, -0.05) is 42.5 Å². The van der Waals surface area contributed by atoms with E-state index < -0.39 is 0 Å². The first-order valence-corrected chi connectivity index (χ1v) is 10.9. The van der Waals surface area contributed by atoms with Crippen molar-refractivity contribution in [3.63, 3.8) is 0 Å². The monoisotopic (exact) mass is 421 g/mol. The van der Waals surface area contributed by atoms with Crippen molar-refractivity contribution in [2.45, 2.75) is 46.3 Å². The molecule has 0 saturated heterocycles. The van der Waals surface area contributed by atoms with Crippen molar-refractivity contribution in [3.05, 3.63) is 76.2 Å². The molecule has 6 heteroatoms. The maximum Gasteiger partial charge on any atom is 0.270 e. The Morgan fingerprint density at radius 1 is 0.967 bits per heavy atom. The molecule has 1 heterocycles. The van der Waals surface area contributed by atoms with Crippen molar-refractivity contribution in [1.82, 2.24) is 15.2 Å². The molecule has 0 radical (unpaired) electrons. The molecule has 0 spiro atoms. The fourth-order valence-corrected chi connectivity index (χ4v) is 3.83. The lowest BCUT2D eigenvalue weighted by molar-refractivity contribution is 0.0690. The van der Waals surface area contributed by atoms with Gasteiger partial charge in [0.1, 0.15) is 10.7 Å². The highest BCUT2D eigenvalue weighted by atomic mass is 32.1. The highest BCUT2D eigenvalue weighted by Crippen LogP contribution is 2.21. The Hall–Kier alpha value is -2.99. The molecule has 0 aliphatic carbocycles. The SMILES string of the molecule is CC(C)NC(=O)c1csc(CN(C(=O)c2ccc(-c3ccccc3)cc2)C(C)C)n1. The topological polar surface area (TPSA) is 62.3 Å². The van der Waals surface area contributed by atoms with Crippen LogP contribution < -0.4 is 5.32 Å². The summed E-state index contributed by atoms with van der Waals surface area (Å²) in [4.78, 5) is 31.5. The fourth-order valence-electron chi connectivity index (χ4n) is 3.06. The number of aromatic nitrogens is 1. The van der Waals surface area contributed by atoms with Crippen molar-refractivity contribution in [3.8, 4) is 11.1 Å². The number of carbonyl (C=O) groups is 2. The van der Waals surface area contributed by atoms with E-state index in [1.807, 2.05) is 82.3 Å². The number of nitrogens with zero attached hydrogens (tertiary/aromatic N) is 2. The molecule has 0 saturated carbocycles. The Morgan fingerprint density at radius 3 is 2.20 bits per heavy atom. The molecular weight excluding hydrogens is 394 g/mol.